The summed E-state index contributed by atoms with van der Waals surface area (Å²) in [7, 11) is 0. The summed E-state index contributed by atoms with van der Waals surface area (Å²) in [5, 5.41) is 16.4. The highest BCUT2D eigenvalue weighted by Crippen LogP contribution is 2.37. The summed E-state index contributed by atoms with van der Waals surface area (Å²) in [5.41, 5.74) is 0. The van der Waals surface area contributed by atoms with Crippen molar-refractivity contribution >= 4 is 35.1 Å². The molecule has 2 N–H and O–H groups in total. The first-order chi connectivity index (χ1) is 6.45. The van der Waals surface area contributed by atoms with E-state index in [-0.39, 0.29) is 6.42 Å². The molecular weight excluding hydrogens is 231 g/mol. The minimum Gasteiger partial charge on any atom is -0.481 e. The maximum atomic E-state index is 10.8. The summed E-state index contributed by atoms with van der Waals surface area (Å²) in [4.78, 5) is 21.6. The number of hydrogen-bond acceptors (Lipinski definition) is 2. The van der Waals surface area contributed by atoms with Gasteiger partial charge in [-0.05, 0) is 12.8 Å². The van der Waals surface area contributed by atoms with Crippen molar-refractivity contribution in [2.45, 2.75) is 23.6 Å². The van der Waals surface area contributed by atoms with E-state index < -0.39 is 34.5 Å². The van der Waals surface area contributed by atoms with Crippen molar-refractivity contribution < 1.29 is 19.8 Å². The normalized spacial score (nSPS) is 37.9. The lowest BCUT2D eigenvalue weighted by Gasteiger charge is -2.32. The van der Waals surface area contributed by atoms with Gasteiger partial charge in [0.2, 0.25) is 0 Å². The fraction of sp³-hybridized carbons (Fsp3) is 0.750. The number of carboxylic acid groups (broad SMARTS) is 2. The monoisotopic (exact) mass is 240 g/mol. The largest absolute Gasteiger partial charge is 0.481 e. The smallest absolute Gasteiger partial charge is 0.308 e. The summed E-state index contributed by atoms with van der Waals surface area (Å²) in [6.45, 7) is 0. The van der Waals surface area contributed by atoms with E-state index >= 15 is 0 Å². The van der Waals surface area contributed by atoms with Crippen LogP contribution in [0.15, 0.2) is 0 Å². The van der Waals surface area contributed by atoms with Gasteiger partial charge in [0.1, 0.15) is 0 Å². The second kappa shape index (κ2) is 4.36. The van der Waals surface area contributed by atoms with Gasteiger partial charge in [0.05, 0.1) is 22.6 Å². The topological polar surface area (TPSA) is 74.6 Å². The predicted octanol–water partition coefficient (Wildman–Crippen LogP) is 1.40. The van der Waals surface area contributed by atoms with Crippen molar-refractivity contribution in [1.82, 2.24) is 0 Å². The Balaban J connectivity index is 2.87. The number of halogens is 2. The zero-order chi connectivity index (χ0) is 10.9. The lowest BCUT2D eigenvalue weighted by molar-refractivity contribution is -0.155. The molecule has 1 rings (SSSR count). The van der Waals surface area contributed by atoms with Crippen LogP contribution in [0.2, 0.25) is 0 Å². The summed E-state index contributed by atoms with van der Waals surface area (Å²) in [6.07, 6.45) is 0.708. The van der Waals surface area contributed by atoms with E-state index in [4.69, 9.17) is 33.4 Å². The summed E-state index contributed by atoms with van der Waals surface area (Å²) in [6, 6.07) is 0. The van der Waals surface area contributed by atoms with Crippen LogP contribution in [0.4, 0.5) is 0 Å². The first-order valence-corrected chi connectivity index (χ1v) is 5.06. The molecule has 14 heavy (non-hydrogen) atoms. The Morgan fingerprint density at radius 1 is 1.07 bits per heavy atom. The highest BCUT2D eigenvalue weighted by atomic mass is 35.5. The van der Waals surface area contributed by atoms with Gasteiger partial charge in [-0.15, -0.1) is 23.2 Å². The van der Waals surface area contributed by atoms with Crippen molar-refractivity contribution in [2.24, 2.45) is 11.8 Å². The molecule has 6 heteroatoms. The van der Waals surface area contributed by atoms with E-state index in [1.807, 2.05) is 0 Å². The van der Waals surface area contributed by atoms with Crippen LogP contribution in [0.1, 0.15) is 12.8 Å². The molecule has 0 saturated heterocycles. The van der Waals surface area contributed by atoms with Crippen LogP contribution in [-0.2, 0) is 9.59 Å². The Kier molecular flexibility index (Phi) is 3.61. The van der Waals surface area contributed by atoms with Crippen molar-refractivity contribution in [3.05, 3.63) is 0 Å². The average Bonchev–Trinajstić information content (AvgIpc) is 2.08. The first kappa shape index (κ1) is 11.6. The molecule has 0 aromatic heterocycles. The van der Waals surface area contributed by atoms with E-state index in [1.54, 1.807) is 0 Å². The van der Waals surface area contributed by atoms with Crippen LogP contribution in [0.5, 0.6) is 0 Å². The van der Waals surface area contributed by atoms with Gasteiger partial charge >= 0.3 is 11.9 Å². The molecule has 0 bridgehead atoms. The molecule has 0 spiro atoms. The van der Waals surface area contributed by atoms with Gasteiger partial charge < -0.3 is 10.2 Å². The van der Waals surface area contributed by atoms with Crippen molar-refractivity contribution in [1.29, 1.82) is 0 Å². The molecule has 0 heterocycles. The molecule has 4 atom stereocenters. The van der Waals surface area contributed by atoms with Crippen LogP contribution in [0, 0.1) is 11.8 Å². The van der Waals surface area contributed by atoms with Crippen LogP contribution in [0.3, 0.4) is 0 Å². The van der Waals surface area contributed by atoms with E-state index in [0.717, 1.165) is 0 Å². The van der Waals surface area contributed by atoms with Crippen molar-refractivity contribution in [3.8, 4) is 0 Å². The van der Waals surface area contributed by atoms with Crippen LogP contribution in [-0.4, -0.2) is 32.9 Å². The SMILES string of the molecule is O=C(O)C1CCC(Cl)C(Cl)C1C(=O)O. The third kappa shape index (κ3) is 2.12. The Labute approximate surface area is 90.8 Å². The first-order valence-electron chi connectivity index (χ1n) is 4.19. The third-order valence-electron chi connectivity index (χ3n) is 2.48. The van der Waals surface area contributed by atoms with Crippen molar-refractivity contribution in [2.75, 3.05) is 0 Å². The van der Waals surface area contributed by atoms with Crippen molar-refractivity contribution in [3.63, 3.8) is 0 Å². The molecule has 0 radical (unpaired) electrons. The lowest BCUT2D eigenvalue weighted by Crippen LogP contribution is -2.44. The molecule has 0 aromatic carbocycles. The van der Waals surface area contributed by atoms with Gasteiger partial charge in [0, 0.05) is 0 Å². The number of hydrogen-bond donors (Lipinski definition) is 2. The maximum absolute atomic E-state index is 10.8. The van der Waals surface area contributed by atoms with Gasteiger partial charge in [0.25, 0.3) is 0 Å². The van der Waals surface area contributed by atoms with Crippen LogP contribution < -0.4 is 0 Å². The number of rotatable bonds is 2. The maximum Gasteiger partial charge on any atom is 0.308 e. The van der Waals surface area contributed by atoms with Crippen LogP contribution >= 0.6 is 23.2 Å². The fourth-order valence-corrected chi connectivity index (χ4v) is 2.40. The fourth-order valence-electron chi connectivity index (χ4n) is 1.71. The zero-order valence-electron chi connectivity index (χ0n) is 7.19. The summed E-state index contributed by atoms with van der Waals surface area (Å²) < 4.78 is 0. The van der Waals surface area contributed by atoms with E-state index in [9.17, 15) is 9.59 Å². The minimum absolute atomic E-state index is 0.268. The molecule has 4 unspecified atom stereocenters. The molecule has 4 nitrogen and oxygen atoms in total. The molecule has 1 fully saturated rings. The zero-order valence-corrected chi connectivity index (χ0v) is 8.70. The van der Waals surface area contributed by atoms with Crippen LogP contribution in [0.25, 0.3) is 0 Å². The Morgan fingerprint density at radius 2 is 1.64 bits per heavy atom. The quantitative estimate of drug-likeness (QED) is 0.716. The highest BCUT2D eigenvalue weighted by Gasteiger charge is 2.45. The third-order valence-corrected chi connectivity index (χ3v) is 3.67. The average molecular weight is 241 g/mol. The molecule has 1 saturated carbocycles. The van der Waals surface area contributed by atoms with E-state index in [1.165, 1.54) is 0 Å². The second-order valence-corrected chi connectivity index (χ2v) is 4.41. The van der Waals surface area contributed by atoms with Gasteiger partial charge in [-0.3, -0.25) is 9.59 Å². The van der Waals surface area contributed by atoms with E-state index in [2.05, 4.69) is 0 Å². The standard InChI is InChI=1S/C8H10Cl2O4/c9-4-2-1-3(7(11)12)5(6(4)10)8(13)14/h3-6H,1-2H2,(H,11,12)(H,13,14). The molecule has 0 amide bonds. The minimum atomic E-state index is -1.19. The van der Waals surface area contributed by atoms with Gasteiger partial charge in [-0.2, -0.15) is 0 Å². The number of carboxylic acids is 2. The second-order valence-electron chi connectivity index (χ2n) is 3.35. The Hall–Kier alpha value is -0.480. The predicted molar refractivity (Wildman–Crippen MR) is 50.8 cm³/mol. The highest BCUT2D eigenvalue weighted by molar-refractivity contribution is 6.31. The number of carbonyl (C=O) groups is 2. The lowest BCUT2D eigenvalue weighted by atomic mass is 9.78. The van der Waals surface area contributed by atoms with E-state index in [0.29, 0.717) is 6.42 Å². The number of alkyl halides is 2. The van der Waals surface area contributed by atoms with Gasteiger partial charge in [-0.1, -0.05) is 0 Å². The number of aliphatic carboxylic acids is 2. The molecule has 80 valence electrons. The van der Waals surface area contributed by atoms with Gasteiger partial charge in [-0.25, -0.2) is 0 Å². The Morgan fingerprint density at radius 3 is 2.07 bits per heavy atom. The molecule has 1 aliphatic carbocycles. The molecule has 0 aliphatic heterocycles. The summed E-state index contributed by atoms with van der Waals surface area (Å²) in [5.74, 6) is -4.33. The molecule has 0 aromatic rings. The summed E-state index contributed by atoms with van der Waals surface area (Å²) >= 11 is 11.6. The van der Waals surface area contributed by atoms with Gasteiger partial charge in [0.15, 0.2) is 0 Å². The molecule has 1 aliphatic rings. The molecular formula is C8H10Cl2O4. The Bertz CT molecular complexity index is 256.